The van der Waals surface area contributed by atoms with Gasteiger partial charge in [-0.25, -0.2) is 14.8 Å². The van der Waals surface area contributed by atoms with E-state index in [1.165, 1.54) is 0 Å². The minimum absolute atomic E-state index is 0.115. The number of fused-ring (bicyclic) bond motifs is 1. The van der Waals surface area contributed by atoms with Gasteiger partial charge in [-0.15, -0.1) is 0 Å². The molecule has 0 aromatic carbocycles. The topological polar surface area (TPSA) is 104 Å². The Hall–Kier alpha value is -2.92. The number of aryl methyl sites for hydroxylation is 1. The minimum Gasteiger partial charge on any atom is -0.475 e. The number of aliphatic carboxylic acids is 1. The van der Waals surface area contributed by atoms with Gasteiger partial charge < -0.3 is 14.7 Å². The van der Waals surface area contributed by atoms with Crippen molar-refractivity contribution in [3.8, 4) is 0 Å². The Morgan fingerprint density at radius 2 is 2.06 bits per heavy atom. The van der Waals surface area contributed by atoms with Crippen molar-refractivity contribution in [2.75, 3.05) is 13.1 Å². The molecule has 8 nitrogen and oxygen atoms in total. The molecule has 1 unspecified atom stereocenters. The minimum atomic E-state index is -5.08. The number of rotatable bonds is 5. The van der Waals surface area contributed by atoms with Crippen LogP contribution in [0.4, 0.5) is 13.2 Å². The Morgan fingerprint density at radius 3 is 2.69 bits per heavy atom. The Bertz CT molecular complexity index is 1110. The number of carboxylic acids is 1. The predicted octanol–water partition coefficient (Wildman–Crippen LogP) is 3.70. The van der Waals surface area contributed by atoms with Crippen LogP contribution in [0.15, 0.2) is 30.7 Å². The average molecular weight is 472 g/mol. The zero-order valence-corrected chi connectivity index (χ0v) is 17.8. The molecule has 2 N–H and O–H groups in total. The third-order valence-electron chi connectivity index (χ3n) is 5.22. The molecule has 1 atom stereocenters. The van der Waals surface area contributed by atoms with Gasteiger partial charge >= 0.3 is 12.1 Å². The maximum absolute atomic E-state index is 12.8. The van der Waals surface area contributed by atoms with Crippen LogP contribution in [0.25, 0.3) is 11.0 Å². The van der Waals surface area contributed by atoms with Crippen LogP contribution in [0, 0.1) is 6.92 Å². The molecule has 0 bridgehead atoms. The number of nitrogens with one attached hydrogen (secondary N) is 1. The fraction of sp³-hybridized carbons (Fsp3) is 0.400. The first-order valence-electron chi connectivity index (χ1n) is 9.75. The van der Waals surface area contributed by atoms with Crippen molar-refractivity contribution in [1.82, 2.24) is 24.4 Å². The quantitative estimate of drug-likeness (QED) is 0.434. The molecular weight excluding hydrogens is 451 g/mol. The normalized spacial score (nSPS) is 16.7. The lowest BCUT2D eigenvalue weighted by Gasteiger charge is -2.24. The Labute approximate surface area is 186 Å². The van der Waals surface area contributed by atoms with E-state index < -0.39 is 12.1 Å². The summed E-state index contributed by atoms with van der Waals surface area (Å²) in [5.74, 6) is -1.63. The van der Waals surface area contributed by atoms with Crippen molar-refractivity contribution < 1.29 is 27.9 Å². The van der Waals surface area contributed by atoms with Crippen molar-refractivity contribution in [3.63, 3.8) is 0 Å². The number of carbonyl (C=O) groups is 2. The molecule has 172 valence electrons. The second kappa shape index (κ2) is 9.70. The van der Waals surface area contributed by atoms with Crippen LogP contribution in [-0.2, 0) is 11.3 Å². The average Bonchev–Trinajstić information content (AvgIpc) is 3.43. The highest BCUT2D eigenvalue weighted by molar-refractivity contribution is 6.29. The SMILES string of the molecule is Cc1nccn1CC1CCCN1CC(=O)c1c[nH]c2nc(Cl)ccc12.O=C(O)C(F)(F)F. The lowest BCUT2D eigenvalue weighted by molar-refractivity contribution is -0.192. The van der Waals surface area contributed by atoms with E-state index in [0.717, 1.165) is 37.1 Å². The van der Waals surface area contributed by atoms with E-state index in [9.17, 15) is 18.0 Å². The molecule has 1 fully saturated rings. The summed E-state index contributed by atoms with van der Waals surface area (Å²) in [6, 6.07) is 3.94. The van der Waals surface area contributed by atoms with Crippen LogP contribution in [0.1, 0.15) is 29.0 Å². The molecule has 0 aliphatic carbocycles. The lowest BCUT2D eigenvalue weighted by Crippen LogP contribution is -2.37. The third kappa shape index (κ3) is 5.65. The summed E-state index contributed by atoms with van der Waals surface area (Å²) in [4.78, 5) is 35.6. The highest BCUT2D eigenvalue weighted by Crippen LogP contribution is 2.23. The molecule has 0 amide bonds. The number of likely N-dealkylation sites (tertiary alicyclic amines) is 1. The van der Waals surface area contributed by atoms with Crippen LogP contribution >= 0.6 is 11.6 Å². The first-order valence-corrected chi connectivity index (χ1v) is 10.1. The zero-order chi connectivity index (χ0) is 23.5. The number of Topliss-reactive ketones (excluding diaryl/α,β-unsaturated/α-hetero) is 1. The Balaban J connectivity index is 0.000000360. The largest absolute Gasteiger partial charge is 0.490 e. The van der Waals surface area contributed by atoms with Crippen molar-refractivity contribution in [2.45, 2.75) is 38.5 Å². The monoisotopic (exact) mass is 471 g/mol. The highest BCUT2D eigenvalue weighted by atomic mass is 35.5. The van der Waals surface area contributed by atoms with Gasteiger partial charge in [-0.3, -0.25) is 9.69 Å². The van der Waals surface area contributed by atoms with Gasteiger partial charge in [0.1, 0.15) is 16.6 Å². The summed E-state index contributed by atoms with van der Waals surface area (Å²) < 4.78 is 33.9. The van der Waals surface area contributed by atoms with Gasteiger partial charge in [-0.1, -0.05) is 11.6 Å². The van der Waals surface area contributed by atoms with E-state index in [2.05, 4.69) is 24.4 Å². The van der Waals surface area contributed by atoms with Crippen molar-refractivity contribution in [2.24, 2.45) is 0 Å². The fourth-order valence-electron chi connectivity index (χ4n) is 3.62. The molecule has 3 aromatic heterocycles. The second-order valence-corrected chi connectivity index (χ2v) is 7.74. The summed E-state index contributed by atoms with van der Waals surface area (Å²) in [5, 5.41) is 8.37. The fourth-order valence-corrected chi connectivity index (χ4v) is 3.76. The molecule has 32 heavy (non-hydrogen) atoms. The van der Waals surface area contributed by atoms with E-state index in [1.807, 2.05) is 25.4 Å². The Morgan fingerprint density at radius 1 is 1.34 bits per heavy atom. The maximum Gasteiger partial charge on any atom is 0.490 e. The molecule has 1 aliphatic heterocycles. The number of halogens is 4. The molecule has 4 heterocycles. The van der Waals surface area contributed by atoms with Crippen LogP contribution in [-0.4, -0.2) is 66.6 Å². The standard InChI is InChI=1S/C18H20ClN5O.C2HF3O2/c1-12-20-6-8-23(12)10-13-3-2-7-24(13)11-16(25)15-9-21-18-14(15)4-5-17(19)22-18;3-2(4,5)1(6)7/h4-6,8-9,13H,2-3,7,10-11H2,1H3,(H,21,22);(H,6,7). The van der Waals surface area contributed by atoms with Crippen LogP contribution in [0.3, 0.4) is 0 Å². The van der Waals surface area contributed by atoms with E-state index >= 15 is 0 Å². The van der Waals surface area contributed by atoms with Gasteiger partial charge in [0.25, 0.3) is 0 Å². The molecule has 0 saturated carbocycles. The number of ketones is 1. The van der Waals surface area contributed by atoms with E-state index in [-0.39, 0.29) is 5.78 Å². The number of carbonyl (C=O) groups excluding carboxylic acids is 1. The lowest BCUT2D eigenvalue weighted by atomic mass is 10.1. The number of imidazole rings is 1. The number of hydrogen-bond donors (Lipinski definition) is 2. The molecule has 3 aromatic rings. The molecule has 0 spiro atoms. The zero-order valence-electron chi connectivity index (χ0n) is 17.1. The maximum atomic E-state index is 12.8. The summed E-state index contributed by atoms with van der Waals surface area (Å²) in [6.45, 7) is 4.27. The first-order chi connectivity index (χ1) is 15.1. The van der Waals surface area contributed by atoms with E-state index in [0.29, 0.717) is 29.0 Å². The van der Waals surface area contributed by atoms with Crippen molar-refractivity contribution in [3.05, 3.63) is 47.3 Å². The van der Waals surface area contributed by atoms with Crippen LogP contribution in [0.5, 0.6) is 0 Å². The Kier molecular flexibility index (Phi) is 7.19. The number of pyridine rings is 1. The molecule has 1 aliphatic rings. The van der Waals surface area contributed by atoms with E-state index in [1.54, 1.807) is 12.3 Å². The van der Waals surface area contributed by atoms with Crippen molar-refractivity contribution >= 4 is 34.4 Å². The van der Waals surface area contributed by atoms with Crippen LogP contribution < -0.4 is 0 Å². The molecule has 1 saturated heterocycles. The van der Waals surface area contributed by atoms with Gasteiger partial charge in [0, 0.05) is 42.1 Å². The summed E-state index contributed by atoms with van der Waals surface area (Å²) in [7, 11) is 0. The van der Waals surface area contributed by atoms with Gasteiger partial charge in [0.05, 0.1) is 6.54 Å². The number of nitrogens with zero attached hydrogens (tertiary/aromatic N) is 4. The highest BCUT2D eigenvalue weighted by Gasteiger charge is 2.38. The summed E-state index contributed by atoms with van der Waals surface area (Å²) in [5.41, 5.74) is 1.34. The number of carboxylic acid groups (broad SMARTS) is 1. The number of aromatic nitrogens is 4. The van der Waals surface area contributed by atoms with E-state index in [4.69, 9.17) is 21.5 Å². The predicted molar refractivity (Wildman–Crippen MR) is 111 cm³/mol. The summed E-state index contributed by atoms with van der Waals surface area (Å²) >= 11 is 5.91. The van der Waals surface area contributed by atoms with Gasteiger partial charge in [0.15, 0.2) is 5.78 Å². The number of H-pyrrole nitrogens is 1. The number of aromatic amines is 1. The van der Waals surface area contributed by atoms with Crippen molar-refractivity contribution in [1.29, 1.82) is 0 Å². The molecule has 0 radical (unpaired) electrons. The second-order valence-electron chi connectivity index (χ2n) is 7.35. The molecular formula is C20H21ClF3N5O3. The molecule has 4 rings (SSSR count). The third-order valence-corrected chi connectivity index (χ3v) is 5.43. The number of hydrogen-bond acceptors (Lipinski definition) is 5. The van der Waals surface area contributed by atoms with Gasteiger partial charge in [-0.2, -0.15) is 13.2 Å². The van der Waals surface area contributed by atoms with Crippen LogP contribution in [0.2, 0.25) is 5.15 Å². The van der Waals surface area contributed by atoms with Gasteiger partial charge in [0.2, 0.25) is 0 Å². The first kappa shape index (κ1) is 23.7. The number of alkyl halides is 3. The smallest absolute Gasteiger partial charge is 0.475 e. The van der Waals surface area contributed by atoms with Gasteiger partial charge in [-0.05, 0) is 38.4 Å². The molecule has 12 heteroatoms. The summed E-state index contributed by atoms with van der Waals surface area (Å²) in [6.07, 6.45) is 2.71.